The minimum absolute atomic E-state index is 0.725. The van der Waals surface area contributed by atoms with Gasteiger partial charge in [-0.25, -0.2) is 0 Å². The number of hydrogen-bond acceptors (Lipinski definition) is 4. The largest absolute Gasteiger partial charge is 0.496 e. The molecule has 0 amide bonds. The summed E-state index contributed by atoms with van der Waals surface area (Å²) in [6.07, 6.45) is 2.17. The first-order valence-electron chi connectivity index (χ1n) is 10.7. The molecule has 1 aromatic carbocycles. The summed E-state index contributed by atoms with van der Waals surface area (Å²) in [4.78, 5) is 9.89. The molecule has 6 heteroatoms. The topological polar surface area (TPSA) is 49.3 Å². The van der Waals surface area contributed by atoms with Gasteiger partial charge in [-0.2, -0.15) is 0 Å². The van der Waals surface area contributed by atoms with E-state index in [2.05, 4.69) is 47.2 Å². The predicted octanol–water partition coefficient (Wildman–Crippen LogP) is 2.17. The van der Waals surface area contributed by atoms with Crippen molar-refractivity contribution in [2.75, 3.05) is 66.1 Å². The Hall–Kier alpha value is -1.79. The van der Waals surface area contributed by atoms with Gasteiger partial charge in [-0.1, -0.05) is 12.1 Å². The number of guanidine groups is 1. The smallest absolute Gasteiger partial charge is 0.193 e. The Kier molecular flexibility index (Phi) is 7.98. The summed E-state index contributed by atoms with van der Waals surface area (Å²) in [5, 5.41) is 3.48. The molecule has 2 saturated heterocycles. The van der Waals surface area contributed by atoms with E-state index in [9.17, 15) is 0 Å². The quantitative estimate of drug-likeness (QED) is 0.573. The van der Waals surface area contributed by atoms with Crippen LogP contribution in [0.4, 0.5) is 0 Å². The first kappa shape index (κ1) is 20.9. The second kappa shape index (κ2) is 10.7. The summed E-state index contributed by atoms with van der Waals surface area (Å²) >= 11 is 0. The van der Waals surface area contributed by atoms with Gasteiger partial charge in [-0.05, 0) is 49.8 Å². The number of morpholine rings is 1. The van der Waals surface area contributed by atoms with Crippen molar-refractivity contribution >= 4 is 5.96 Å². The van der Waals surface area contributed by atoms with Crippen LogP contribution in [0.5, 0.6) is 5.75 Å². The van der Waals surface area contributed by atoms with Crippen LogP contribution in [0.2, 0.25) is 0 Å². The third kappa shape index (κ3) is 5.85. The Bertz CT molecular complexity index is 643. The van der Waals surface area contributed by atoms with E-state index in [-0.39, 0.29) is 0 Å². The van der Waals surface area contributed by atoms with Crippen molar-refractivity contribution in [2.45, 2.75) is 26.7 Å². The molecule has 1 N–H and O–H groups in total. The summed E-state index contributed by atoms with van der Waals surface area (Å²) < 4.78 is 10.9. The lowest BCUT2D eigenvalue weighted by atomic mass is 10.1. The molecule has 0 radical (unpaired) electrons. The molecular formula is C22H36N4O2. The molecule has 2 fully saturated rings. The summed E-state index contributed by atoms with van der Waals surface area (Å²) in [6, 6.07) is 6.43. The number of nitrogens with one attached hydrogen (secondary N) is 1. The molecule has 1 aromatic rings. The van der Waals surface area contributed by atoms with Gasteiger partial charge in [0, 0.05) is 45.8 Å². The van der Waals surface area contributed by atoms with Gasteiger partial charge in [0.15, 0.2) is 5.96 Å². The Labute approximate surface area is 169 Å². The lowest BCUT2D eigenvalue weighted by molar-refractivity contribution is 0.0315. The highest BCUT2D eigenvalue weighted by atomic mass is 16.5. The molecular weight excluding hydrogens is 352 g/mol. The van der Waals surface area contributed by atoms with E-state index in [0.29, 0.717) is 0 Å². The van der Waals surface area contributed by atoms with Gasteiger partial charge >= 0.3 is 0 Å². The van der Waals surface area contributed by atoms with Crippen LogP contribution in [0.1, 0.15) is 24.5 Å². The lowest BCUT2D eigenvalue weighted by Gasteiger charge is -2.29. The fraction of sp³-hybridized carbons (Fsp3) is 0.682. The summed E-state index contributed by atoms with van der Waals surface area (Å²) in [7, 11) is 1.73. The standard InChI is InChI=1S/C22H36N4O2/c1-4-23-22(24-9-7-19-6-5-18(2)21(15-19)27-3)26-10-8-20(17-26)16-25-11-13-28-14-12-25/h5-6,15,20H,4,7-14,16-17H2,1-3H3,(H,23,24). The maximum absolute atomic E-state index is 5.47. The van der Waals surface area contributed by atoms with Crippen LogP contribution in [0.3, 0.4) is 0 Å². The number of aliphatic imine (C=N–C) groups is 1. The highest BCUT2D eigenvalue weighted by Gasteiger charge is 2.27. The number of aryl methyl sites for hydroxylation is 1. The fourth-order valence-electron chi connectivity index (χ4n) is 4.06. The van der Waals surface area contributed by atoms with Crippen LogP contribution in [-0.4, -0.2) is 81.9 Å². The molecule has 2 heterocycles. The molecule has 0 saturated carbocycles. The zero-order chi connectivity index (χ0) is 19.8. The number of ether oxygens (including phenoxy) is 2. The third-order valence-corrected chi connectivity index (χ3v) is 5.67. The van der Waals surface area contributed by atoms with E-state index in [1.54, 1.807) is 7.11 Å². The average Bonchev–Trinajstić information content (AvgIpc) is 3.17. The number of methoxy groups -OCH3 is 1. The van der Waals surface area contributed by atoms with E-state index >= 15 is 0 Å². The second-order valence-electron chi connectivity index (χ2n) is 7.80. The van der Waals surface area contributed by atoms with Crippen LogP contribution >= 0.6 is 0 Å². The number of rotatable bonds is 7. The monoisotopic (exact) mass is 388 g/mol. The maximum Gasteiger partial charge on any atom is 0.193 e. The second-order valence-corrected chi connectivity index (χ2v) is 7.80. The minimum atomic E-state index is 0.725. The molecule has 0 spiro atoms. The van der Waals surface area contributed by atoms with Gasteiger partial charge in [0.2, 0.25) is 0 Å². The van der Waals surface area contributed by atoms with Gasteiger partial charge in [-0.15, -0.1) is 0 Å². The van der Waals surface area contributed by atoms with E-state index in [0.717, 1.165) is 76.5 Å². The molecule has 2 aliphatic heterocycles. The zero-order valence-corrected chi connectivity index (χ0v) is 17.7. The first-order chi connectivity index (χ1) is 13.7. The van der Waals surface area contributed by atoms with Crippen molar-refractivity contribution in [1.29, 1.82) is 0 Å². The molecule has 1 atom stereocenters. The van der Waals surface area contributed by atoms with E-state index in [4.69, 9.17) is 14.5 Å². The first-order valence-corrected chi connectivity index (χ1v) is 10.7. The van der Waals surface area contributed by atoms with Crippen molar-refractivity contribution in [2.24, 2.45) is 10.9 Å². The van der Waals surface area contributed by atoms with Crippen LogP contribution in [0, 0.1) is 12.8 Å². The number of hydrogen-bond donors (Lipinski definition) is 1. The normalized spacial score (nSPS) is 21.2. The van der Waals surface area contributed by atoms with Crippen LogP contribution < -0.4 is 10.1 Å². The molecule has 28 heavy (non-hydrogen) atoms. The molecule has 0 aromatic heterocycles. The van der Waals surface area contributed by atoms with Crippen molar-refractivity contribution in [3.63, 3.8) is 0 Å². The SMILES string of the molecule is CCNC(=NCCc1ccc(C)c(OC)c1)N1CCC(CN2CCOCC2)C1. The van der Waals surface area contributed by atoms with Crippen molar-refractivity contribution in [3.05, 3.63) is 29.3 Å². The van der Waals surface area contributed by atoms with E-state index in [1.807, 2.05) is 0 Å². The van der Waals surface area contributed by atoms with Gasteiger partial charge in [0.1, 0.15) is 5.75 Å². The van der Waals surface area contributed by atoms with Crippen LogP contribution in [0.15, 0.2) is 23.2 Å². The zero-order valence-electron chi connectivity index (χ0n) is 17.7. The number of likely N-dealkylation sites (tertiary alicyclic amines) is 1. The molecule has 6 nitrogen and oxygen atoms in total. The van der Waals surface area contributed by atoms with Gasteiger partial charge in [0.05, 0.1) is 20.3 Å². The van der Waals surface area contributed by atoms with Gasteiger partial charge < -0.3 is 19.7 Å². The van der Waals surface area contributed by atoms with Crippen molar-refractivity contribution in [1.82, 2.24) is 15.1 Å². The maximum atomic E-state index is 5.47. The highest BCUT2D eigenvalue weighted by Crippen LogP contribution is 2.20. The highest BCUT2D eigenvalue weighted by molar-refractivity contribution is 5.80. The Morgan fingerprint density at radius 3 is 2.86 bits per heavy atom. The third-order valence-electron chi connectivity index (χ3n) is 5.67. The molecule has 156 valence electrons. The molecule has 1 unspecified atom stereocenters. The molecule has 3 rings (SSSR count). The van der Waals surface area contributed by atoms with Gasteiger partial charge in [0.25, 0.3) is 0 Å². The summed E-state index contributed by atoms with van der Waals surface area (Å²) in [5.41, 5.74) is 2.44. The number of benzene rings is 1. The molecule has 2 aliphatic rings. The molecule has 0 bridgehead atoms. The molecule has 0 aliphatic carbocycles. The Balaban J connectivity index is 1.52. The van der Waals surface area contributed by atoms with E-state index < -0.39 is 0 Å². The predicted molar refractivity (Wildman–Crippen MR) is 114 cm³/mol. The van der Waals surface area contributed by atoms with Gasteiger partial charge in [-0.3, -0.25) is 9.89 Å². The van der Waals surface area contributed by atoms with Crippen LogP contribution in [-0.2, 0) is 11.2 Å². The summed E-state index contributed by atoms with van der Waals surface area (Å²) in [5.74, 6) is 2.74. The Morgan fingerprint density at radius 1 is 1.29 bits per heavy atom. The van der Waals surface area contributed by atoms with Crippen molar-refractivity contribution < 1.29 is 9.47 Å². The van der Waals surface area contributed by atoms with Crippen molar-refractivity contribution in [3.8, 4) is 5.75 Å². The lowest BCUT2D eigenvalue weighted by Crippen LogP contribution is -2.42. The average molecular weight is 389 g/mol. The summed E-state index contributed by atoms with van der Waals surface area (Å²) in [6.45, 7) is 13.2. The number of nitrogens with zero attached hydrogens (tertiary/aromatic N) is 3. The minimum Gasteiger partial charge on any atom is -0.496 e. The Morgan fingerprint density at radius 2 is 2.11 bits per heavy atom. The van der Waals surface area contributed by atoms with Crippen LogP contribution in [0.25, 0.3) is 0 Å². The van der Waals surface area contributed by atoms with E-state index in [1.165, 1.54) is 24.1 Å². The fourth-order valence-corrected chi connectivity index (χ4v) is 4.06.